The molecule has 0 heterocycles. The second-order valence-corrected chi connectivity index (χ2v) is 5.56. The molecular weight excluding hydrogens is 280 g/mol. The maximum Gasteiger partial charge on any atom is 0.319 e. The van der Waals surface area contributed by atoms with Gasteiger partial charge in [0, 0.05) is 5.69 Å². The van der Waals surface area contributed by atoms with Crippen LogP contribution >= 0.6 is 0 Å². The van der Waals surface area contributed by atoms with E-state index in [9.17, 15) is 4.79 Å². The number of aliphatic hydroxyl groups is 1. The van der Waals surface area contributed by atoms with Gasteiger partial charge in [-0.25, -0.2) is 4.79 Å². The van der Waals surface area contributed by atoms with Crippen molar-refractivity contribution in [2.45, 2.75) is 19.4 Å². The summed E-state index contributed by atoms with van der Waals surface area (Å²) in [5, 5.41) is 14.5. The standard InChI is InChI=1S/C17H20N2O3/c1-17(2,12-20)19-16(21)18-13-8-10-15(11-9-13)22-14-6-4-3-5-7-14/h3-11,20H,12H2,1-2H3,(H2,18,19,21). The second kappa shape index (κ2) is 6.95. The smallest absolute Gasteiger partial charge is 0.319 e. The molecule has 2 aromatic rings. The molecule has 0 fully saturated rings. The molecule has 5 heteroatoms. The van der Waals surface area contributed by atoms with E-state index in [1.54, 1.807) is 38.1 Å². The SMILES string of the molecule is CC(C)(CO)NC(=O)Nc1ccc(Oc2ccccc2)cc1. The molecule has 0 aromatic heterocycles. The molecule has 2 rings (SSSR count). The van der Waals surface area contributed by atoms with Crippen LogP contribution in [0.5, 0.6) is 11.5 Å². The summed E-state index contributed by atoms with van der Waals surface area (Å²) in [5.74, 6) is 1.44. The van der Waals surface area contributed by atoms with Crippen LogP contribution in [-0.2, 0) is 0 Å². The molecule has 0 saturated carbocycles. The maximum absolute atomic E-state index is 11.8. The van der Waals surface area contributed by atoms with Gasteiger partial charge in [-0.3, -0.25) is 0 Å². The summed E-state index contributed by atoms with van der Waals surface area (Å²) >= 11 is 0. The number of anilines is 1. The molecule has 0 radical (unpaired) electrons. The Morgan fingerprint density at radius 2 is 1.64 bits per heavy atom. The van der Waals surface area contributed by atoms with Crippen molar-refractivity contribution >= 4 is 11.7 Å². The van der Waals surface area contributed by atoms with E-state index in [1.165, 1.54) is 0 Å². The number of ether oxygens (including phenoxy) is 1. The number of amides is 2. The van der Waals surface area contributed by atoms with E-state index >= 15 is 0 Å². The summed E-state index contributed by atoms with van der Waals surface area (Å²) < 4.78 is 5.67. The Kier molecular flexibility index (Phi) is 5.01. The zero-order chi connectivity index (χ0) is 16.0. The first-order chi connectivity index (χ1) is 10.5. The Hall–Kier alpha value is -2.53. The van der Waals surface area contributed by atoms with E-state index in [4.69, 9.17) is 9.84 Å². The van der Waals surface area contributed by atoms with Gasteiger partial charge in [0.25, 0.3) is 0 Å². The summed E-state index contributed by atoms with van der Waals surface area (Å²) in [4.78, 5) is 11.8. The predicted molar refractivity (Wildman–Crippen MR) is 86.3 cm³/mol. The van der Waals surface area contributed by atoms with Gasteiger partial charge < -0.3 is 20.5 Å². The lowest BCUT2D eigenvalue weighted by molar-refractivity contribution is 0.187. The first-order valence-corrected chi connectivity index (χ1v) is 7.01. The third-order valence-electron chi connectivity index (χ3n) is 2.94. The first kappa shape index (κ1) is 15.9. The van der Waals surface area contributed by atoms with Gasteiger partial charge in [-0.2, -0.15) is 0 Å². The van der Waals surface area contributed by atoms with Gasteiger partial charge >= 0.3 is 6.03 Å². The highest BCUT2D eigenvalue weighted by Gasteiger charge is 2.18. The number of benzene rings is 2. The van der Waals surface area contributed by atoms with Crippen LogP contribution < -0.4 is 15.4 Å². The number of nitrogens with one attached hydrogen (secondary N) is 2. The molecule has 0 saturated heterocycles. The van der Waals surface area contributed by atoms with Crippen LogP contribution in [0.15, 0.2) is 54.6 Å². The number of hydrogen-bond acceptors (Lipinski definition) is 3. The average molecular weight is 300 g/mol. The average Bonchev–Trinajstić information content (AvgIpc) is 2.50. The largest absolute Gasteiger partial charge is 0.457 e. The minimum absolute atomic E-state index is 0.135. The molecular formula is C17H20N2O3. The number of hydrogen-bond donors (Lipinski definition) is 3. The van der Waals surface area contributed by atoms with Gasteiger partial charge in [-0.1, -0.05) is 18.2 Å². The molecule has 0 aliphatic rings. The quantitative estimate of drug-likeness (QED) is 0.793. The Labute approximate surface area is 129 Å². The molecule has 5 nitrogen and oxygen atoms in total. The number of urea groups is 1. The summed E-state index contributed by atoms with van der Waals surface area (Å²) in [5.41, 5.74) is -0.0212. The van der Waals surface area contributed by atoms with Gasteiger partial charge in [0.1, 0.15) is 11.5 Å². The highest BCUT2D eigenvalue weighted by molar-refractivity contribution is 5.89. The Morgan fingerprint density at radius 3 is 2.23 bits per heavy atom. The Bertz CT molecular complexity index is 610. The zero-order valence-corrected chi connectivity index (χ0v) is 12.7. The number of carbonyl (C=O) groups is 1. The van der Waals surface area contributed by atoms with E-state index in [2.05, 4.69) is 10.6 Å². The third-order valence-corrected chi connectivity index (χ3v) is 2.94. The lowest BCUT2D eigenvalue weighted by Crippen LogP contribution is -2.48. The van der Waals surface area contributed by atoms with E-state index in [-0.39, 0.29) is 12.6 Å². The predicted octanol–water partition coefficient (Wildman–Crippen LogP) is 3.37. The fraction of sp³-hybridized carbons (Fsp3) is 0.235. The highest BCUT2D eigenvalue weighted by Crippen LogP contribution is 2.22. The van der Waals surface area contributed by atoms with Crippen LogP contribution in [0.2, 0.25) is 0 Å². The van der Waals surface area contributed by atoms with Gasteiger partial charge in [0.2, 0.25) is 0 Å². The molecule has 0 aliphatic heterocycles. The minimum Gasteiger partial charge on any atom is -0.457 e. The summed E-state index contributed by atoms with van der Waals surface area (Å²) in [7, 11) is 0. The number of carbonyl (C=O) groups excluding carboxylic acids is 1. The highest BCUT2D eigenvalue weighted by atomic mass is 16.5. The fourth-order valence-corrected chi connectivity index (χ4v) is 1.74. The van der Waals surface area contributed by atoms with Crippen LogP contribution in [0.4, 0.5) is 10.5 Å². The van der Waals surface area contributed by atoms with Gasteiger partial charge in [0.15, 0.2) is 0 Å². The molecule has 2 amide bonds. The maximum atomic E-state index is 11.8. The normalized spacial score (nSPS) is 10.9. The molecule has 0 bridgehead atoms. The van der Waals surface area contributed by atoms with Crippen molar-refractivity contribution in [1.82, 2.24) is 5.32 Å². The molecule has 22 heavy (non-hydrogen) atoms. The second-order valence-electron chi connectivity index (χ2n) is 5.56. The topological polar surface area (TPSA) is 70.6 Å². The number of rotatable bonds is 5. The van der Waals surface area contributed by atoms with Crippen molar-refractivity contribution in [1.29, 1.82) is 0 Å². The minimum atomic E-state index is -0.666. The Morgan fingerprint density at radius 1 is 1.05 bits per heavy atom. The molecule has 0 spiro atoms. The van der Waals surface area contributed by atoms with Crippen molar-refractivity contribution in [3.05, 3.63) is 54.6 Å². The molecule has 0 atom stereocenters. The van der Waals surface area contributed by atoms with E-state index < -0.39 is 5.54 Å². The van der Waals surface area contributed by atoms with Crippen molar-refractivity contribution in [2.24, 2.45) is 0 Å². The molecule has 3 N–H and O–H groups in total. The summed E-state index contributed by atoms with van der Waals surface area (Å²) in [6, 6.07) is 16.2. The van der Waals surface area contributed by atoms with E-state index in [0.29, 0.717) is 11.4 Å². The van der Waals surface area contributed by atoms with Crippen LogP contribution in [0.1, 0.15) is 13.8 Å². The van der Waals surface area contributed by atoms with Crippen LogP contribution in [0.25, 0.3) is 0 Å². The van der Waals surface area contributed by atoms with Crippen LogP contribution in [0, 0.1) is 0 Å². The zero-order valence-electron chi connectivity index (χ0n) is 12.7. The summed E-state index contributed by atoms with van der Waals surface area (Å²) in [6.45, 7) is 3.34. The summed E-state index contributed by atoms with van der Waals surface area (Å²) in [6.07, 6.45) is 0. The first-order valence-electron chi connectivity index (χ1n) is 7.01. The van der Waals surface area contributed by atoms with E-state index in [1.807, 2.05) is 30.3 Å². The Balaban J connectivity index is 1.93. The van der Waals surface area contributed by atoms with Crippen LogP contribution in [-0.4, -0.2) is 23.3 Å². The molecule has 2 aromatic carbocycles. The number of aliphatic hydroxyl groups excluding tert-OH is 1. The molecule has 0 aliphatic carbocycles. The van der Waals surface area contributed by atoms with Crippen molar-refractivity contribution in [3.63, 3.8) is 0 Å². The lowest BCUT2D eigenvalue weighted by atomic mass is 10.1. The molecule has 116 valence electrons. The van der Waals surface area contributed by atoms with E-state index in [0.717, 1.165) is 5.75 Å². The van der Waals surface area contributed by atoms with Crippen molar-refractivity contribution in [3.8, 4) is 11.5 Å². The van der Waals surface area contributed by atoms with Gasteiger partial charge in [0.05, 0.1) is 12.1 Å². The van der Waals surface area contributed by atoms with Gasteiger partial charge in [-0.15, -0.1) is 0 Å². The monoisotopic (exact) mass is 300 g/mol. The van der Waals surface area contributed by atoms with Crippen LogP contribution in [0.3, 0.4) is 0 Å². The van der Waals surface area contributed by atoms with Gasteiger partial charge in [-0.05, 0) is 50.2 Å². The molecule has 0 unspecified atom stereocenters. The number of para-hydroxylation sites is 1. The third kappa shape index (κ3) is 4.79. The lowest BCUT2D eigenvalue weighted by Gasteiger charge is -2.23. The fourth-order valence-electron chi connectivity index (χ4n) is 1.74. The van der Waals surface area contributed by atoms with Crippen molar-refractivity contribution < 1.29 is 14.6 Å². The van der Waals surface area contributed by atoms with Crippen molar-refractivity contribution in [2.75, 3.05) is 11.9 Å².